The maximum atomic E-state index is 13.2. The van der Waals surface area contributed by atoms with Gasteiger partial charge in [0.2, 0.25) is 10.0 Å². The number of sulfonamides is 1. The first-order valence-corrected chi connectivity index (χ1v) is 13.4. The summed E-state index contributed by atoms with van der Waals surface area (Å²) in [5, 5.41) is 8.90. The predicted octanol–water partition coefficient (Wildman–Crippen LogP) is 3.89. The number of piperazine rings is 1. The molecule has 0 saturated carbocycles. The summed E-state index contributed by atoms with van der Waals surface area (Å²) >= 11 is 0. The first-order valence-electron chi connectivity index (χ1n) is 12.0. The van der Waals surface area contributed by atoms with Gasteiger partial charge in [0.15, 0.2) is 11.6 Å². The van der Waals surface area contributed by atoms with Gasteiger partial charge in [-0.05, 0) is 54.2 Å². The highest BCUT2D eigenvalue weighted by atomic mass is 32.2. The van der Waals surface area contributed by atoms with Gasteiger partial charge in [0.25, 0.3) is 0 Å². The van der Waals surface area contributed by atoms with Gasteiger partial charge in [0.1, 0.15) is 0 Å². The lowest BCUT2D eigenvalue weighted by Crippen LogP contribution is -2.49. The first-order chi connectivity index (χ1) is 16.5. The highest BCUT2D eigenvalue weighted by Gasteiger charge is 2.29. The summed E-state index contributed by atoms with van der Waals surface area (Å²) in [7, 11) is -3.53. The summed E-state index contributed by atoms with van der Waals surface area (Å²) < 4.78 is 28.0. The van der Waals surface area contributed by atoms with Crippen LogP contribution in [-0.2, 0) is 10.0 Å². The van der Waals surface area contributed by atoms with Crippen LogP contribution in [0.4, 0.5) is 11.6 Å². The fraction of sp³-hybridized carbons (Fsp3) is 0.385. The first kappa shape index (κ1) is 22.8. The van der Waals surface area contributed by atoms with Gasteiger partial charge in [0.05, 0.1) is 4.90 Å². The molecule has 0 amide bonds. The molecule has 8 heteroatoms. The van der Waals surface area contributed by atoms with E-state index in [2.05, 4.69) is 26.9 Å². The highest BCUT2D eigenvalue weighted by Crippen LogP contribution is 2.25. The molecule has 2 aliphatic heterocycles. The van der Waals surface area contributed by atoms with E-state index in [1.165, 1.54) is 12.8 Å². The van der Waals surface area contributed by atoms with Crippen LogP contribution in [0.1, 0.15) is 19.8 Å². The van der Waals surface area contributed by atoms with Gasteiger partial charge in [0, 0.05) is 39.3 Å². The molecule has 34 heavy (non-hydrogen) atoms. The van der Waals surface area contributed by atoms with E-state index >= 15 is 0 Å². The number of hydrogen-bond donors (Lipinski definition) is 0. The maximum absolute atomic E-state index is 13.2. The zero-order chi connectivity index (χ0) is 23.5. The van der Waals surface area contributed by atoms with Crippen LogP contribution in [-0.4, -0.2) is 62.2 Å². The molecule has 2 aromatic carbocycles. The van der Waals surface area contributed by atoms with Crippen LogP contribution in [0.3, 0.4) is 0 Å². The van der Waals surface area contributed by atoms with Crippen LogP contribution in [0, 0.1) is 5.92 Å². The quantitative estimate of drug-likeness (QED) is 0.555. The molecule has 0 bridgehead atoms. The van der Waals surface area contributed by atoms with Gasteiger partial charge in [-0.1, -0.05) is 49.4 Å². The van der Waals surface area contributed by atoms with E-state index in [1.807, 2.05) is 54.6 Å². The molecule has 2 saturated heterocycles. The average molecular weight is 478 g/mol. The SMILES string of the molecule is CC1CCN(c2ccc(N3CCN(S(=O)(=O)c4ccc(-c5ccccc5)cc4)CC3)nn2)CC1. The summed E-state index contributed by atoms with van der Waals surface area (Å²) in [5.41, 5.74) is 2.08. The van der Waals surface area contributed by atoms with Crippen molar-refractivity contribution in [2.45, 2.75) is 24.7 Å². The third kappa shape index (κ3) is 4.79. The van der Waals surface area contributed by atoms with Crippen LogP contribution in [0.5, 0.6) is 0 Å². The average Bonchev–Trinajstić information content (AvgIpc) is 2.90. The van der Waals surface area contributed by atoms with E-state index in [1.54, 1.807) is 16.4 Å². The lowest BCUT2D eigenvalue weighted by Gasteiger charge is -2.35. The zero-order valence-electron chi connectivity index (χ0n) is 19.5. The van der Waals surface area contributed by atoms with Crippen molar-refractivity contribution < 1.29 is 8.42 Å². The third-order valence-corrected chi connectivity index (χ3v) is 8.82. The van der Waals surface area contributed by atoms with E-state index in [-0.39, 0.29) is 0 Å². The molecule has 0 radical (unpaired) electrons. The molecule has 0 atom stereocenters. The smallest absolute Gasteiger partial charge is 0.243 e. The highest BCUT2D eigenvalue weighted by molar-refractivity contribution is 7.89. The monoisotopic (exact) mass is 477 g/mol. The molecule has 0 N–H and O–H groups in total. The second kappa shape index (κ2) is 9.72. The Morgan fingerprint density at radius 1 is 0.676 bits per heavy atom. The molecule has 1 aromatic heterocycles. The lowest BCUT2D eigenvalue weighted by atomic mass is 9.99. The number of nitrogens with zero attached hydrogens (tertiary/aromatic N) is 5. The van der Waals surface area contributed by atoms with E-state index < -0.39 is 10.0 Å². The van der Waals surface area contributed by atoms with Crippen LogP contribution >= 0.6 is 0 Å². The Labute approximate surface area is 202 Å². The van der Waals surface area contributed by atoms with Crippen molar-refractivity contribution in [1.29, 1.82) is 0 Å². The Balaban J connectivity index is 1.20. The number of anilines is 2. The predicted molar refractivity (Wildman–Crippen MR) is 135 cm³/mol. The molecule has 3 heterocycles. The Bertz CT molecular complexity index is 1180. The van der Waals surface area contributed by atoms with E-state index in [0.717, 1.165) is 41.8 Å². The molecular weight excluding hydrogens is 446 g/mol. The largest absolute Gasteiger partial charge is 0.355 e. The Kier molecular flexibility index (Phi) is 6.52. The summed E-state index contributed by atoms with van der Waals surface area (Å²) in [5.74, 6) is 2.51. The molecule has 7 nitrogen and oxygen atoms in total. The van der Waals surface area contributed by atoms with Crippen LogP contribution in [0.2, 0.25) is 0 Å². The second-order valence-corrected chi connectivity index (χ2v) is 11.1. The Hall–Kier alpha value is -2.97. The Morgan fingerprint density at radius 2 is 1.21 bits per heavy atom. The van der Waals surface area contributed by atoms with Gasteiger partial charge in [-0.15, -0.1) is 10.2 Å². The van der Waals surface area contributed by atoms with Crippen molar-refractivity contribution in [2.24, 2.45) is 5.92 Å². The number of benzene rings is 2. The van der Waals surface area contributed by atoms with Crippen LogP contribution in [0.25, 0.3) is 11.1 Å². The number of piperidine rings is 1. The van der Waals surface area contributed by atoms with Crippen molar-refractivity contribution in [2.75, 3.05) is 49.1 Å². The summed E-state index contributed by atoms with van der Waals surface area (Å²) in [4.78, 5) is 4.74. The minimum Gasteiger partial charge on any atom is -0.355 e. The van der Waals surface area contributed by atoms with Gasteiger partial charge in [-0.2, -0.15) is 4.31 Å². The van der Waals surface area contributed by atoms with Gasteiger partial charge in [-0.25, -0.2) is 8.42 Å². The van der Waals surface area contributed by atoms with E-state index in [0.29, 0.717) is 31.1 Å². The maximum Gasteiger partial charge on any atom is 0.243 e. The van der Waals surface area contributed by atoms with Gasteiger partial charge >= 0.3 is 0 Å². The molecule has 178 valence electrons. The fourth-order valence-electron chi connectivity index (χ4n) is 4.65. The third-order valence-electron chi connectivity index (χ3n) is 6.91. The lowest BCUT2D eigenvalue weighted by molar-refractivity contribution is 0.383. The number of aromatic nitrogens is 2. The zero-order valence-corrected chi connectivity index (χ0v) is 20.4. The van der Waals surface area contributed by atoms with E-state index in [4.69, 9.17) is 0 Å². The number of hydrogen-bond acceptors (Lipinski definition) is 6. The Morgan fingerprint density at radius 3 is 1.76 bits per heavy atom. The second-order valence-electron chi connectivity index (χ2n) is 9.20. The van der Waals surface area contributed by atoms with Crippen LogP contribution < -0.4 is 9.80 Å². The topological polar surface area (TPSA) is 69.6 Å². The molecular formula is C26H31N5O2S. The minimum absolute atomic E-state index is 0.334. The molecule has 0 aliphatic carbocycles. The van der Waals surface area contributed by atoms with Crippen molar-refractivity contribution in [3.63, 3.8) is 0 Å². The van der Waals surface area contributed by atoms with Gasteiger partial charge < -0.3 is 9.80 Å². The normalized spacial score (nSPS) is 18.3. The van der Waals surface area contributed by atoms with Crippen molar-refractivity contribution in [3.05, 3.63) is 66.7 Å². The molecule has 2 aliphatic rings. The summed E-state index contributed by atoms with van der Waals surface area (Å²) in [6.45, 7) is 6.39. The molecule has 5 rings (SSSR count). The van der Waals surface area contributed by atoms with E-state index in [9.17, 15) is 8.42 Å². The molecule has 0 unspecified atom stereocenters. The van der Waals surface area contributed by atoms with Crippen LogP contribution in [0.15, 0.2) is 71.6 Å². The van der Waals surface area contributed by atoms with Gasteiger partial charge in [-0.3, -0.25) is 0 Å². The minimum atomic E-state index is -3.53. The standard InChI is InChI=1S/C26H31N5O2S/c1-21-13-15-29(16-14-21)25-11-12-26(28-27-25)30-17-19-31(20-18-30)34(32,33)24-9-7-23(8-10-24)22-5-3-2-4-6-22/h2-12,21H,13-20H2,1H3. The van der Waals surface area contributed by atoms with Crippen molar-refractivity contribution in [1.82, 2.24) is 14.5 Å². The van der Waals surface area contributed by atoms with Crippen molar-refractivity contribution in [3.8, 4) is 11.1 Å². The van der Waals surface area contributed by atoms with Crippen molar-refractivity contribution >= 4 is 21.7 Å². The molecule has 3 aromatic rings. The molecule has 2 fully saturated rings. The number of rotatable bonds is 5. The molecule has 0 spiro atoms. The summed E-state index contributed by atoms with van der Waals surface area (Å²) in [6, 6.07) is 21.2. The summed E-state index contributed by atoms with van der Waals surface area (Å²) in [6.07, 6.45) is 2.38. The fourth-order valence-corrected chi connectivity index (χ4v) is 6.07.